The summed E-state index contributed by atoms with van der Waals surface area (Å²) in [6.07, 6.45) is 3.32. The molecule has 98 valence electrons. The molecule has 0 radical (unpaired) electrons. The van der Waals surface area contributed by atoms with E-state index in [0.717, 1.165) is 23.8 Å². The maximum atomic E-state index is 13.3. The predicted octanol–water partition coefficient (Wildman–Crippen LogP) is 2.33. The average molecular weight is 262 g/mol. The van der Waals surface area contributed by atoms with Gasteiger partial charge in [0, 0.05) is 18.9 Å². The highest BCUT2D eigenvalue weighted by Crippen LogP contribution is 2.10. The average Bonchev–Trinajstić information content (AvgIpc) is 2.42. The van der Waals surface area contributed by atoms with Crippen LogP contribution in [0.5, 0.6) is 0 Å². The molecule has 1 heterocycles. The number of hydrogen-bond donors (Lipinski definition) is 1. The zero-order valence-corrected chi connectivity index (χ0v) is 10.1. The highest BCUT2D eigenvalue weighted by atomic mass is 19.1. The molecule has 0 aliphatic rings. The number of benzene rings is 1. The molecule has 1 aromatic heterocycles. The Morgan fingerprint density at radius 1 is 1.26 bits per heavy atom. The number of nitrogens with zero attached hydrogens (tertiary/aromatic N) is 1. The summed E-state index contributed by atoms with van der Waals surface area (Å²) in [6, 6.07) is 6.47. The first-order chi connectivity index (χ1) is 9.16. The van der Waals surface area contributed by atoms with Gasteiger partial charge in [-0.3, -0.25) is 9.78 Å². The van der Waals surface area contributed by atoms with E-state index in [2.05, 4.69) is 10.3 Å². The van der Waals surface area contributed by atoms with Crippen LogP contribution in [0.15, 0.2) is 42.7 Å². The summed E-state index contributed by atoms with van der Waals surface area (Å²) in [6.45, 7) is 0.381. The number of rotatable bonds is 5. The van der Waals surface area contributed by atoms with Crippen LogP contribution in [0.4, 0.5) is 8.78 Å². The molecule has 5 heteroatoms. The number of hydrogen-bond acceptors (Lipinski definition) is 3. The number of halogens is 2. The number of carbonyl (C=O) groups excluding carboxylic acids is 1. The standard InChI is InChI=1S/C14H12F2N2O/c15-11-3-4-13(16)12(6-11)14(19)9-18-8-10-2-1-5-17-7-10/h1-7,18H,8-9H2. The zero-order valence-electron chi connectivity index (χ0n) is 10.1. The van der Waals surface area contributed by atoms with Crippen molar-refractivity contribution < 1.29 is 13.6 Å². The highest BCUT2D eigenvalue weighted by molar-refractivity contribution is 5.97. The van der Waals surface area contributed by atoms with Crippen LogP contribution >= 0.6 is 0 Å². The van der Waals surface area contributed by atoms with Crippen LogP contribution in [-0.4, -0.2) is 17.3 Å². The lowest BCUT2D eigenvalue weighted by molar-refractivity contribution is 0.0986. The van der Waals surface area contributed by atoms with Gasteiger partial charge in [-0.1, -0.05) is 6.07 Å². The molecule has 0 aliphatic carbocycles. The number of carbonyl (C=O) groups is 1. The zero-order chi connectivity index (χ0) is 13.7. The second kappa shape index (κ2) is 6.15. The third-order valence-electron chi connectivity index (χ3n) is 2.57. The Morgan fingerprint density at radius 2 is 2.11 bits per heavy atom. The molecule has 19 heavy (non-hydrogen) atoms. The Labute approximate surface area is 109 Å². The van der Waals surface area contributed by atoms with Gasteiger partial charge in [0.2, 0.25) is 0 Å². The fraction of sp³-hybridized carbons (Fsp3) is 0.143. The normalized spacial score (nSPS) is 10.4. The Balaban J connectivity index is 1.93. The van der Waals surface area contributed by atoms with Crippen LogP contribution in [-0.2, 0) is 6.54 Å². The van der Waals surface area contributed by atoms with Crippen molar-refractivity contribution in [3.05, 3.63) is 65.5 Å². The molecule has 0 saturated heterocycles. The summed E-state index contributed by atoms with van der Waals surface area (Å²) < 4.78 is 26.3. The third kappa shape index (κ3) is 3.66. The largest absolute Gasteiger partial charge is 0.306 e. The van der Waals surface area contributed by atoms with Crippen molar-refractivity contribution in [3.63, 3.8) is 0 Å². The Kier molecular flexibility index (Phi) is 4.30. The lowest BCUT2D eigenvalue weighted by Gasteiger charge is -2.05. The molecule has 0 fully saturated rings. The van der Waals surface area contributed by atoms with Crippen LogP contribution in [0.3, 0.4) is 0 Å². The maximum absolute atomic E-state index is 13.3. The molecule has 2 aromatic rings. The van der Waals surface area contributed by atoms with E-state index in [1.807, 2.05) is 6.07 Å². The summed E-state index contributed by atoms with van der Waals surface area (Å²) >= 11 is 0. The molecular formula is C14H12F2N2O. The van der Waals surface area contributed by atoms with Crippen molar-refractivity contribution in [1.29, 1.82) is 0 Å². The van der Waals surface area contributed by atoms with Crippen LogP contribution in [0.2, 0.25) is 0 Å². The van der Waals surface area contributed by atoms with Crippen LogP contribution in [0.25, 0.3) is 0 Å². The number of nitrogens with one attached hydrogen (secondary N) is 1. The molecule has 0 amide bonds. The molecule has 3 nitrogen and oxygen atoms in total. The van der Waals surface area contributed by atoms with E-state index < -0.39 is 17.4 Å². The van der Waals surface area contributed by atoms with E-state index >= 15 is 0 Å². The molecule has 1 aromatic carbocycles. The second-order valence-corrected chi connectivity index (χ2v) is 4.01. The van der Waals surface area contributed by atoms with Crippen LogP contribution < -0.4 is 5.32 Å². The fourth-order valence-electron chi connectivity index (χ4n) is 1.63. The van der Waals surface area contributed by atoms with Gasteiger partial charge >= 0.3 is 0 Å². The van der Waals surface area contributed by atoms with Gasteiger partial charge in [0.25, 0.3) is 0 Å². The van der Waals surface area contributed by atoms with Crippen molar-refractivity contribution in [3.8, 4) is 0 Å². The predicted molar refractivity (Wildman–Crippen MR) is 66.6 cm³/mol. The van der Waals surface area contributed by atoms with Gasteiger partial charge in [-0.2, -0.15) is 0 Å². The van der Waals surface area contributed by atoms with E-state index in [-0.39, 0.29) is 12.1 Å². The molecule has 0 saturated carbocycles. The van der Waals surface area contributed by atoms with Gasteiger partial charge in [0.1, 0.15) is 11.6 Å². The Hall–Kier alpha value is -2.14. The van der Waals surface area contributed by atoms with E-state index in [1.165, 1.54) is 0 Å². The molecule has 0 aliphatic heterocycles. The van der Waals surface area contributed by atoms with Crippen molar-refractivity contribution in [2.75, 3.05) is 6.54 Å². The molecule has 0 atom stereocenters. The molecule has 0 bridgehead atoms. The van der Waals surface area contributed by atoms with Gasteiger partial charge in [-0.05, 0) is 29.8 Å². The lowest BCUT2D eigenvalue weighted by atomic mass is 10.1. The van der Waals surface area contributed by atoms with Crippen molar-refractivity contribution >= 4 is 5.78 Å². The first kappa shape index (κ1) is 13.3. The summed E-state index contributed by atoms with van der Waals surface area (Å²) in [7, 11) is 0. The summed E-state index contributed by atoms with van der Waals surface area (Å²) in [4.78, 5) is 15.7. The first-order valence-corrected chi connectivity index (χ1v) is 5.74. The van der Waals surface area contributed by atoms with E-state index in [1.54, 1.807) is 18.5 Å². The molecule has 0 spiro atoms. The number of aromatic nitrogens is 1. The molecule has 0 unspecified atom stereocenters. The quantitative estimate of drug-likeness (QED) is 0.841. The monoisotopic (exact) mass is 262 g/mol. The summed E-state index contributed by atoms with van der Waals surface area (Å²) in [5.74, 6) is -1.83. The third-order valence-corrected chi connectivity index (χ3v) is 2.57. The number of Topliss-reactive ketones (excluding diaryl/α,β-unsaturated/α-hetero) is 1. The summed E-state index contributed by atoms with van der Waals surface area (Å²) in [5.41, 5.74) is 0.675. The van der Waals surface area contributed by atoms with Gasteiger partial charge in [0.15, 0.2) is 5.78 Å². The lowest BCUT2D eigenvalue weighted by Crippen LogP contribution is -2.23. The van der Waals surface area contributed by atoms with E-state index in [4.69, 9.17) is 0 Å². The van der Waals surface area contributed by atoms with Crippen molar-refractivity contribution in [2.24, 2.45) is 0 Å². The van der Waals surface area contributed by atoms with Crippen LogP contribution in [0, 0.1) is 11.6 Å². The number of pyridine rings is 1. The molecule has 2 rings (SSSR count). The summed E-state index contributed by atoms with van der Waals surface area (Å²) in [5, 5.41) is 2.87. The smallest absolute Gasteiger partial charge is 0.179 e. The minimum atomic E-state index is -0.713. The number of ketones is 1. The van der Waals surface area contributed by atoms with Gasteiger partial charge < -0.3 is 5.32 Å². The second-order valence-electron chi connectivity index (χ2n) is 4.01. The topological polar surface area (TPSA) is 42.0 Å². The SMILES string of the molecule is O=C(CNCc1cccnc1)c1cc(F)ccc1F. The van der Waals surface area contributed by atoms with Gasteiger partial charge in [-0.15, -0.1) is 0 Å². The fourth-order valence-corrected chi connectivity index (χ4v) is 1.63. The first-order valence-electron chi connectivity index (χ1n) is 5.74. The van der Waals surface area contributed by atoms with Gasteiger partial charge in [-0.25, -0.2) is 8.78 Å². The van der Waals surface area contributed by atoms with Gasteiger partial charge in [0.05, 0.1) is 12.1 Å². The molecular weight excluding hydrogens is 250 g/mol. The van der Waals surface area contributed by atoms with Crippen LogP contribution in [0.1, 0.15) is 15.9 Å². The maximum Gasteiger partial charge on any atom is 0.179 e. The van der Waals surface area contributed by atoms with Crippen molar-refractivity contribution in [1.82, 2.24) is 10.3 Å². The van der Waals surface area contributed by atoms with E-state index in [9.17, 15) is 13.6 Å². The highest BCUT2D eigenvalue weighted by Gasteiger charge is 2.12. The van der Waals surface area contributed by atoms with Crippen molar-refractivity contribution in [2.45, 2.75) is 6.54 Å². The minimum absolute atomic E-state index is 0.0603. The van der Waals surface area contributed by atoms with E-state index in [0.29, 0.717) is 6.54 Å². The Bertz CT molecular complexity index is 573. The molecule has 1 N–H and O–H groups in total. The Morgan fingerprint density at radius 3 is 2.84 bits per heavy atom. The minimum Gasteiger partial charge on any atom is -0.306 e.